The van der Waals surface area contributed by atoms with E-state index in [1.54, 1.807) is 0 Å². The first-order valence-corrected chi connectivity index (χ1v) is 6.52. The number of nitrogens with zero attached hydrogens (tertiary/aromatic N) is 1. The highest BCUT2D eigenvalue weighted by Crippen LogP contribution is 2.07. The lowest BCUT2D eigenvalue weighted by Gasteiger charge is -2.08. The Morgan fingerprint density at radius 3 is 2.62 bits per heavy atom. The van der Waals surface area contributed by atoms with Crippen molar-refractivity contribution in [1.29, 1.82) is 0 Å². The average Bonchev–Trinajstić information content (AvgIpc) is 2.45. The highest BCUT2D eigenvalue weighted by atomic mass is 16.4. The molecule has 4 N–H and O–H groups in total. The summed E-state index contributed by atoms with van der Waals surface area (Å²) in [6.45, 7) is 2.75. The molecule has 0 saturated carbocycles. The van der Waals surface area contributed by atoms with Crippen LogP contribution in [-0.2, 0) is 4.79 Å². The number of hydrogen-bond donors (Lipinski definition) is 4. The smallest absolute Gasteiger partial charge is 0.337 e. The van der Waals surface area contributed by atoms with Gasteiger partial charge in [-0.3, -0.25) is 9.78 Å². The predicted molar refractivity (Wildman–Crippen MR) is 76.1 cm³/mol. The Labute approximate surface area is 121 Å². The number of carbonyl (C=O) groups is 3. The molecule has 1 aromatic rings. The van der Waals surface area contributed by atoms with E-state index in [9.17, 15) is 14.4 Å². The van der Waals surface area contributed by atoms with Gasteiger partial charge in [0, 0.05) is 25.7 Å². The Morgan fingerprint density at radius 1 is 1.19 bits per heavy atom. The molecular weight excluding hydrogens is 276 g/mol. The molecule has 114 valence electrons. The van der Waals surface area contributed by atoms with E-state index in [-0.39, 0.29) is 30.1 Å². The summed E-state index contributed by atoms with van der Waals surface area (Å²) in [5, 5.41) is 16.4. The fraction of sp³-hybridized carbons (Fsp3) is 0.385. The van der Waals surface area contributed by atoms with Crippen LogP contribution in [0.3, 0.4) is 0 Å². The largest absolute Gasteiger partial charge is 0.478 e. The number of nitrogens with one attached hydrogen (secondary N) is 3. The minimum Gasteiger partial charge on any atom is -0.478 e. The van der Waals surface area contributed by atoms with Crippen LogP contribution in [0.15, 0.2) is 18.5 Å². The van der Waals surface area contributed by atoms with E-state index in [4.69, 9.17) is 5.11 Å². The van der Waals surface area contributed by atoms with Gasteiger partial charge in [-0.05, 0) is 12.5 Å². The van der Waals surface area contributed by atoms with Crippen LogP contribution in [0.25, 0.3) is 0 Å². The summed E-state index contributed by atoms with van der Waals surface area (Å²) in [6.07, 6.45) is 3.55. The summed E-state index contributed by atoms with van der Waals surface area (Å²) < 4.78 is 0. The molecule has 0 unspecified atom stereocenters. The van der Waals surface area contributed by atoms with Crippen LogP contribution in [-0.4, -0.2) is 41.1 Å². The minimum absolute atomic E-state index is 0.0215. The van der Waals surface area contributed by atoms with E-state index in [0.29, 0.717) is 6.54 Å². The second-order valence-corrected chi connectivity index (χ2v) is 4.25. The second kappa shape index (κ2) is 8.51. The van der Waals surface area contributed by atoms with E-state index in [1.165, 1.54) is 18.5 Å². The van der Waals surface area contributed by atoms with Crippen molar-refractivity contribution >= 4 is 23.6 Å². The molecule has 0 saturated heterocycles. The Hall–Kier alpha value is -2.64. The van der Waals surface area contributed by atoms with Crippen LogP contribution in [0.1, 0.15) is 30.1 Å². The van der Waals surface area contributed by atoms with Crippen LogP contribution < -0.4 is 16.0 Å². The van der Waals surface area contributed by atoms with Gasteiger partial charge in [0.05, 0.1) is 17.4 Å². The highest BCUT2D eigenvalue weighted by molar-refractivity contribution is 5.92. The topological polar surface area (TPSA) is 120 Å². The second-order valence-electron chi connectivity index (χ2n) is 4.25. The maximum absolute atomic E-state index is 11.6. The lowest BCUT2D eigenvalue weighted by Crippen LogP contribution is -2.33. The van der Waals surface area contributed by atoms with Crippen molar-refractivity contribution in [3.63, 3.8) is 0 Å². The first-order chi connectivity index (χ1) is 10.0. The highest BCUT2D eigenvalue weighted by Gasteiger charge is 2.07. The SMILES string of the molecule is CCCNC(=O)CCNC(=O)Nc1cncc(C(=O)O)c1. The molecule has 1 aromatic heterocycles. The zero-order chi connectivity index (χ0) is 15.7. The average molecular weight is 294 g/mol. The van der Waals surface area contributed by atoms with Gasteiger partial charge in [-0.2, -0.15) is 0 Å². The molecule has 0 fully saturated rings. The molecule has 8 nitrogen and oxygen atoms in total. The monoisotopic (exact) mass is 294 g/mol. The third-order valence-corrected chi connectivity index (χ3v) is 2.45. The Kier molecular flexibility index (Phi) is 6.66. The van der Waals surface area contributed by atoms with Gasteiger partial charge in [-0.1, -0.05) is 6.92 Å². The maximum Gasteiger partial charge on any atom is 0.337 e. The lowest BCUT2D eigenvalue weighted by atomic mass is 10.2. The molecule has 0 aromatic carbocycles. The summed E-state index contributed by atoms with van der Waals surface area (Å²) in [6, 6.07) is 0.769. The number of aromatic carboxylic acids is 1. The van der Waals surface area contributed by atoms with E-state index in [2.05, 4.69) is 20.9 Å². The third-order valence-electron chi connectivity index (χ3n) is 2.45. The number of anilines is 1. The summed E-state index contributed by atoms with van der Waals surface area (Å²) in [5.74, 6) is -1.26. The van der Waals surface area contributed by atoms with E-state index in [0.717, 1.165) is 6.42 Å². The molecule has 0 aliphatic carbocycles. The maximum atomic E-state index is 11.6. The lowest BCUT2D eigenvalue weighted by molar-refractivity contribution is -0.120. The molecule has 1 rings (SSSR count). The number of amides is 3. The van der Waals surface area contributed by atoms with Crippen LogP contribution in [0, 0.1) is 0 Å². The summed E-state index contributed by atoms with van der Waals surface area (Å²) in [7, 11) is 0. The van der Waals surface area contributed by atoms with Crippen LogP contribution in [0.2, 0.25) is 0 Å². The van der Waals surface area contributed by atoms with Crippen molar-refractivity contribution in [2.45, 2.75) is 19.8 Å². The molecule has 0 radical (unpaired) electrons. The van der Waals surface area contributed by atoms with Gasteiger partial charge in [0.25, 0.3) is 0 Å². The summed E-state index contributed by atoms with van der Waals surface area (Å²) in [4.78, 5) is 37.3. The van der Waals surface area contributed by atoms with Crippen LogP contribution >= 0.6 is 0 Å². The Balaban J connectivity index is 2.35. The van der Waals surface area contributed by atoms with Gasteiger partial charge < -0.3 is 21.1 Å². The number of carboxylic acid groups (broad SMARTS) is 1. The predicted octanol–water partition coefficient (Wildman–Crippen LogP) is 0.818. The number of urea groups is 1. The fourth-order valence-corrected chi connectivity index (χ4v) is 1.44. The first-order valence-electron chi connectivity index (χ1n) is 6.52. The molecule has 0 spiro atoms. The molecule has 21 heavy (non-hydrogen) atoms. The third kappa shape index (κ3) is 6.37. The van der Waals surface area contributed by atoms with Gasteiger partial charge in [0.2, 0.25) is 5.91 Å². The van der Waals surface area contributed by atoms with Crippen molar-refractivity contribution in [1.82, 2.24) is 15.6 Å². The molecule has 0 aliphatic rings. The molecule has 0 atom stereocenters. The molecule has 1 heterocycles. The van der Waals surface area contributed by atoms with Crippen molar-refractivity contribution in [2.24, 2.45) is 0 Å². The fourth-order valence-electron chi connectivity index (χ4n) is 1.44. The quantitative estimate of drug-likeness (QED) is 0.593. The molecule has 0 bridgehead atoms. The van der Waals surface area contributed by atoms with Gasteiger partial charge in [-0.25, -0.2) is 9.59 Å². The number of aromatic nitrogens is 1. The zero-order valence-electron chi connectivity index (χ0n) is 11.7. The molecular formula is C13H18N4O4. The zero-order valence-corrected chi connectivity index (χ0v) is 11.7. The summed E-state index contributed by atoms with van der Waals surface area (Å²) in [5.41, 5.74) is 0.245. The van der Waals surface area contributed by atoms with Crippen molar-refractivity contribution in [3.05, 3.63) is 24.0 Å². The van der Waals surface area contributed by atoms with Crippen molar-refractivity contribution in [2.75, 3.05) is 18.4 Å². The Bertz CT molecular complexity index is 519. The van der Waals surface area contributed by atoms with Gasteiger partial charge in [0.15, 0.2) is 0 Å². The number of carbonyl (C=O) groups excluding carboxylic acids is 2. The van der Waals surface area contributed by atoms with E-state index >= 15 is 0 Å². The van der Waals surface area contributed by atoms with Gasteiger partial charge in [0.1, 0.15) is 0 Å². The normalized spacial score (nSPS) is 9.76. The van der Waals surface area contributed by atoms with Crippen LogP contribution in [0.4, 0.5) is 10.5 Å². The Morgan fingerprint density at radius 2 is 1.95 bits per heavy atom. The standard InChI is InChI=1S/C13H18N4O4/c1-2-4-15-11(18)3-5-16-13(21)17-10-6-9(12(19)20)7-14-8-10/h6-8H,2-5H2,1H3,(H,15,18)(H,19,20)(H2,16,17,21). The van der Waals surface area contributed by atoms with E-state index < -0.39 is 12.0 Å². The van der Waals surface area contributed by atoms with Gasteiger partial charge >= 0.3 is 12.0 Å². The van der Waals surface area contributed by atoms with Crippen molar-refractivity contribution in [3.8, 4) is 0 Å². The molecule has 8 heteroatoms. The molecule has 3 amide bonds. The first kappa shape index (κ1) is 16.4. The number of hydrogen-bond acceptors (Lipinski definition) is 4. The number of pyridine rings is 1. The van der Waals surface area contributed by atoms with E-state index in [1.807, 2.05) is 6.92 Å². The number of carboxylic acids is 1. The molecule has 0 aliphatic heterocycles. The van der Waals surface area contributed by atoms with Crippen LogP contribution in [0.5, 0.6) is 0 Å². The minimum atomic E-state index is -1.13. The van der Waals surface area contributed by atoms with Crippen molar-refractivity contribution < 1.29 is 19.5 Å². The summed E-state index contributed by atoms with van der Waals surface area (Å²) >= 11 is 0. The van der Waals surface area contributed by atoms with Gasteiger partial charge in [-0.15, -0.1) is 0 Å². The number of rotatable bonds is 7.